The van der Waals surface area contributed by atoms with Crippen molar-refractivity contribution in [2.75, 3.05) is 0 Å². The second kappa shape index (κ2) is 3.66. The van der Waals surface area contributed by atoms with Crippen molar-refractivity contribution in [3.8, 4) is 11.1 Å². The molecule has 0 unspecified atom stereocenters. The zero-order valence-corrected chi connectivity index (χ0v) is 11.2. The fraction of sp³-hybridized carbons (Fsp3) is 0.222. The van der Waals surface area contributed by atoms with E-state index in [1.54, 1.807) is 0 Å². The molecule has 0 amide bonds. The summed E-state index contributed by atoms with van der Waals surface area (Å²) < 4.78 is 0. The molecule has 3 aliphatic rings. The van der Waals surface area contributed by atoms with Gasteiger partial charge in [-0.05, 0) is 37.3 Å². The first-order valence-electron chi connectivity index (χ1n) is 7.34. The van der Waals surface area contributed by atoms with E-state index < -0.39 is 0 Å². The first-order chi connectivity index (χ1) is 9.92. The molecule has 5 rings (SSSR count). The molecule has 20 heavy (non-hydrogen) atoms. The van der Waals surface area contributed by atoms with Gasteiger partial charge in [0, 0.05) is 22.4 Å². The fourth-order valence-electron chi connectivity index (χ4n) is 3.62. The van der Waals surface area contributed by atoms with Crippen LogP contribution in [0.15, 0.2) is 52.1 Å². The highest BCUT2D eigenvalue weighted by molar-refractivity contribution is 5.81. The van der Waals surface area contributed by atoms with Crippen molar-refractivity contribution < 1.29 is 0 Å². The maximum Gasteiger partial charge on any atom is 0.0979 e. The van der Waals surface area contributed by atoms with Gasteiger partial charge in [0.25, 0.3) is 0 Å². The van der Waals surface area contributed by atoms with Crippen LogP contribution in [-0.4, -0.2) is 0 Å². The lowest BCUT2D eigenvalue weighted by Gasteiger charge is -2.12. The summed E-state index contributed by atoms with van der Waals surface area (Å²) in [7, 11) is 0. The summed E-state index contributed by atoms with van der Waals surface area (Å²) >= 11 is 0. The highest BCUT2D eigenvalue weighted by Crippen LogP contribution is 2.36. The van der Waals surface area contributed by atoms with Gasteiger partial charge in [-0.25, -0.2) is 4.99 Å². The Hall–Kier alpha value is -2.22. The topological polar surface area (TPSA) is 24.7 Å². The molecule has 2 heterocycles. The molecule has 0 saturated heterocycles. The van der Waals surface area contributed by atoms with Gasteiger partial charge in [-0.2, -0.15) is 0 Å². The molecular weight excluding hydrogens is 244 g/mol. The van der Waals surface area contributed by atoms with Gasteiger partial charge in [0.2, 0.25) is 0 Å². The number of allylic oxidation sites excluding steroid dienone is 2. The number of hydrogen-bond donors (Lipinski definition) is 0. The number of benzene rings is 2. The van der Waals surface area contributed by atoms with Crippen molar-refractivity contribution in [1.29, 1.82) is 0 Å². The Morgan fingerprint density at radius 2 is 1.50 bits per heavy atom. The smallest absolute Gasteiger partial charge is 0.0979 e. The second-order valence-electron chi connectivity index (χ2n) is 5.73. The lowest BCUT2D eigenvalue weighted by molar-refractivity contribution is 0.713. The van der Waals surface area contributed by atoms with Crippen LogP contribution in [0, 0.1) is 0 Å². The van der Waals surface area contributed by atoms with E-state index in [0.717, 1.165) is 22.8 Å². The third-order valence-electron chi connectivity index (χ3n) is 4.59. The van der Waals surface area contributed by atoms with E-state index >= 15 is 0 Å². The molecule has 2 aromatic rings. The van der Waals surface area contributed by atoms with Crippen LogP contribution in [0.1, 0.15) is 31.2 Å². The van der Waals surface area contributed by atoms with E-state index in [9.17, 15) is 0 Å². The van der Waals surface area contributed by atoms with Crippen molar-refractivity contribution in [1.82, 2.24) is 0 Å². The maximum absolute atomic E-state index is 4.91. The Morgan fingerprint density at radius 1 is 0.700 bits per heavy atom. The molecule has 1 aliphatic carbocycles. The van der Waals surface area contributed by atoms with Crippen LogP contribution in [0.25, 0.3) is 16.7 Å². The van der Waals surface area contributed by atoms with Gasteiger partial charge >= 0.3 is 0 Å². The van der Waals surface area contributed by atoms with Gasteiger partial charge in [-0.15, -0.1) is 0 Å². The predicted octanol–water partition coefficient (Wildman–Crippen LogP) is 3.54. The number of nitrogens with zero attached hydrogens (tertiary/aromatic N) is 2. The summed E-state index contributed by atoms with van der Waals surface area (Å²) in [4.78, 5) is 9.74. The minimum absolute atomic E-state index is 1.08. The van der Waals surface area contributed by atoms with E-state index in [-0.39, 0.29) is 0 Å². The van der Waals surface area contributed by atoms with Gasteiger partial charge in [0.1, 0.15) is 0 Å². The quantitative estimate of drug-likeness (QED) is 0.589. The molecule has 0 saturated carbocycles. The molecule has 2 heteroatoms. The van der Waals surface area contributed by atoms with Gasteiger partial charge in [0.05, 0.1) is 16.4 Å². The molecule has 0 bridgehead atoms. The highest BCUT2D eigenvalue weighted by atomic mass is 14.8. The molecule has 0 aromatic heterocycles. The van der Waals surface area contributed by atoms with Crippen LogP contribution in [0.4, 0.5) is 5.69 Å². The molecule has 0 radical (unpaired) electrons. The molecule has 2 aliphatic heterocycles. The van der Waals surface area contributed by atoms with Crippen LogP contribution in [0.2, 0.25) is 0 Å². The third-order valence-corrected chi connectivity index (χ3v) is 4.59. The first kappa shape index (κ1) is 10.6. The average Bonchev–Trinajstić information content (AvgIpc) is 3.05. The van der Waals surface area contributed by atoms with Crippen molar-refractivity contribution in [3.05, 3.63) is 58.4 Å². The van der Waals surface area contributed by atoms with Crippen LogP contribution in [0.3, 0.4) is 0 Å². The molecule has 0 fully saturated rings. The molecule has 2 aromatic carbocycles. The normalized spacial score (nSPS) is 17.8. The number of hydrogen-bond acceptors (Lipinski definition) is 2. The Kier molecular flexibility index (Phi) is 1.93. The molecule has 0 spiro atoms. The summed E-state index contributed by atoms with van der Waals surface area (Å²) in [5.74, 6) is 0. The molecule has 2 nitrogen and oxygen atoms in total. The minimum Gasteiger partial charge on any atom is -0.250 e. The van der Waals surface area contributed by atoms with Crippen molar-refractivity contribution in [2.45, 2.75) is 25.7 Å². The summed E-state index contributed by atoms with van der Waals surface area (Å²) in [5.41, 5.74) is 7.67. The van der Waals surface area contributed by atoms with Crippen molar-refractivity contribution in [3.63, 3.8) is 0 Å². The van der Waals surface area contributed by atoms with Crippen LogP contribution >= 0.6 is 0 Å². The van der Waals surface area contributed by atoms with Gasteiger partial charge in [-0.3, -0.25) is 4.99 Å². The molecule has 96 valence electrons. The second-order valence-corrected chi connectivity index (χ2v) is 5.73. The van der Waals surface area contributed by atoms with E-state index in [1.165, 1.54) is 47.2 Å². The Balaban J connectivity index is 1.84. The zero-order chi connectivity index (χ0) is 13.1. The van der Waals surface area contributed by atoms with E-state index in [0.29, 0.717) is 0 Å². The molecular formula is C18H14N2. The fourth-order valence-corrected chi connectivity index (χ4v) is 3.62. The van der Waals surface area contributed by atoms with Gasteiger partial charge in [0.15, 0.2) is 0 Å². The van der Waals surface area contributed by atoms with Gasteiger partial charge < -0.3 is 0 Å². The lowest BCUT2D eigenvalue weighted by Crippen LogP contribution is -2.27. The number of para-hydroxylation sites is 1. The summed E-state index contributed by atoms with van der Waals surface area (Å²) in [6.45, 7) is 0. The van der Waals surface area contributed by atoms with Crippen LogP contribution < -0.4 is 10.7 Å². The third kappa shape index (κ3) is 1.24. The molecule has 0 atom stereocenters. The van der Waals surface area contributed by atoms with Crippen LogP contribution in [0.5, 0.6) is 0 Å². The number of fused-ring (bicyclic) bond motifs is 6. The Morgan fingerprint density at radius 3 is 2.50 bits per heavy atom. The SMILES string of the molecule is c1ccc2c(c1)N=c1c-2ccc2c1=NC1=C2CCCC1. The maximum atomic E-state index is 4.91. The first-order valence-corrected chi connectivity index (χ1v) is 7.34. The van der Waals surface area contributed by atoms with Crippen LogP contribution in [-0.2, 0) is 0 Å². The lowest BCUT2D eigenvalue weighted by atomic mass is 9.92. The molecule has 0 N–H and O–H groups in total. The largest absolute Gasteiger partial charge is 0.250 e. The van der Waals surface area contributed by atoms with Crippen molar-refractivity contribution >= 4 is 11.3 Å². The standard InChI is InChI=1S/C18H14N2/c1-3-7-15-11(5-1)13-9-10-14-12-6-2-4-8-16(12)20-18(14)17(13)19-15/h1,3,5,7,9-10H,2,4,6,8H2. The summed E-state index contributed by atoms with van der Waals surface area (Å²) in [6.07, 6.45) is 4.88. The van der Waals surface area contributed by atoms with E-state index in [2.05, 4.69) is 36.4 Å². The summed E-state index contributed by atoms with van der Waals surface area (Å²) in [5, 5.41) is 2.20. The minimum atomic E-state index is 1.08. The number of rotatable bonds is 0. The Labute approximate surface area is 117 Å². The predicted molar refractivity (Wildman–Crippen MR) is 79.2 cm³/mol. The highest BCUT2D eigenvalue weighted by Gasteiger charge is 2.24. The van der Waals surface area contributed by atoms with Gasteiger partial charge in [-0.1, -0.05) is 30.3 Å². The zero-order valence-electron chi connectivity index (χ0n) is 11.2. The monoisotopic (exact) mass is 258 g/mol. The van der Waals surface area contributed by atoms with Crippen molar-refractivity contribution in [2.24, 2.45) is 9.98 Å². The Bertz CT molecular complexity index is 904. The van der Waals surface area contributed by atoms with E-state index in [1.807, 2.05) is 0 Å². The average molecular weight is 258 g/mol. The summed E-state index contributed by atoms with van der Waals surface area (Å²) in [6, 6.07) is 12.8. The van der Waals surface area contributed by atoms with E-state index in [4.69, 9.17) is 9.98 Å².